The molecule has 1 aliphatic rings. The number of hydrogen-bond acceptors (Lipinski definition) is 9. The van der Waals surface area contributed by atoms with E-state index in [4.69, 9.17) is 4.74 Å². The summed E-state index contributed by atoms with van der Waals surface area (Å²) in [4.78, 5) is 60.9. The van der Waals surface area contributed by atoms with Crippen molar-refractivity contribution in [2.24, 2.45) is 0 Å². The molecule has 3 rings (SSSR count). The first kappa shape index (κ1) is 22.6. The molecule has 1 aromatic heterocycles. The number of nitro groups is 1. The summed E-state index contributed by atoms with van der Waals surface area (Å²) in [6, 6.07) is 5.68. The summed E-state index contributed by atoms with van der Waals surface area (Å²) < 4.78 is 4.94. The fourth-order valence-electron chi connectivity index (χ4n) is 3.20. The minimum Gasteiger partial charge on any atom is -0.462 e. The summed E-state index contributed by atoms with van der Waals surface area (Å²) in [5, 5.41) is 23.2. The number of nitrogens with zero attached hydrogens (tertiary/aromatic N) is 3. The Morgan fingerprint density at radius 1 is 1.31 bits per heavy atom. The smallest absolute Gasteiger partial charge is 0.348 e. The number of rotatable bonds is 7. The van der Waals surface area contributed by atoms with Crippen molar-refractivity contribution in [1.82, 2.24) is 4.90 Å². The highest BCUT2D eigenvalue weighted by Gasteiger charge is 2.40. The van der Waals surface area contributed by atoms with Crippen LogP contribution in [0.15, 0.2) is 18.2 Å². The van der Waals surface area contributed by atoms with Gasteiger partial charge in [0.15, 0.2) is 0 Å². The molecule has 1 N–H and O–H groups in total. The van der Waals surface area contributed by atoms with E-state index in [1.807, 2.05) is 6.07 Å². The van der Waals surface area contributed by atoms with Gasteiger partial charge in [0.05, 0.1) is 22.7 Å². The Hall–Kier alpha value is -4.11. The Morgan fingerprint density at radius 2 is 2.03 bits per heavy atom. The number of carbonyl (C=O) groups excluding carboxylic acids is 4. The van der Waals surface area contributed by atoms with Gasteiger partial charge < -0.3 is 10.1 Å². The zero-order chi connectivity index (χ0) is 23.6. The van der Waals surface area contributed by atoms with Crippen molar-refractivity contribution in [2.45, 2.75) is 20.3 Å². The predicted octanol–water partition coefficient (Wildman–Crippen LogP) is 2.64. The molecule has 32 heavy (non-hydrogen) atoms. The fourth-order valence-corrected chi connectivity index (χ4v) is 4.27. The van der Waals surface area contributed by atoms with E-state index in [0.29, 0.717) is 5.56 Å². The standard InChI is InChI=1S/C20H16N4O7S/c1-3-31-20(28)16-10(2)12(9-21)17(32-16)22-14(25)7-8-23-18(26)11-5-4-6-13(24(29)30)15(11)19(23)27/h4-6H,3,7-8H2,1-2H3,(H,22,25). The maximum Gasteiger partial charge on any atom is 0.348 e. The van der Waals surface area contributed by atoms with Crippen LogP contribution in [0.3, 0.4) is 0 Å². The number of nitriles is 1. The Balaban J connectivity index is 1.73. The summed E-state index contributed by atoms with van der Waals surface area (Å²) >= 11 is 0.890. The molecule has 0 saturated heterocycles. The van der Waals surface area contributed by atoms with Crippen LogP contribution in [0.5, 0.6) is 0 Å². The lowest BCUT2D eigenvalue weighted by Crippen LogP contribution is -2.33. The highest BCUT2D eigenvalue weighted by Crippen LogP contribution is 2.34. The number of benzene rings is 1. The molecule has 0 unspecified atom stereocenters. The molecule has 1 aromatic carbocycles. The highest BCUT2D eigenvalue weighted by molar-refractivity contribution is 7.18. The molecule has 2 heterocycles. The molecule has 0 saturated carbocycles. The summed E-state index contributed by atoms with van der Waals surface area (Å²) in [6.07, 6.45) is -0.310. The van der Waals surface area contributed by atoms with Gasteiger partial charge in [-0.3, -0.25) is 29.4 Å². The third kappa shape index (κ3) is 3.93. The summed E-state index contributed by atoms with van der Waals surface area (Å²) in [5.41, 5.74) is -0.388. The van der Waals surface area contributed by atoms with Crippen LogP contribution in [-0.2, 0) is 9.53 Å². The second-order valence-electron chi connectivity index (χ2n) is 6.61. The van der Waals surface area contributed by atoms with Crippen molar-refractivity contribution in [2.75, 3.05) is 18.5 Å². The molecular weight excluding hydrogens is 440 g/mol. The summed E-state index contributed by atoms with van der Waals surface area (Å²) in [6.45, 7) is 3.04. The van der Waals surface area contributed by atoms with Gasteiger partial charge in [-0.25, -0.2) is 4.79 Å². The molecule has 3 amide bonds. The van der Waals surface area contributed by atoms with Crippen LogP contribution < -0.4 is 5.32 Å². The normalized spacial score (nSPS) is 12.3. The van der Waals surface area contributed by atoms with Gasteiger partial charge in [0.25, 0.3) is 17.5 Å². The Kier molecular flexibility index (Phi) is 6.31. The third-order valence-electron chi connectivity index (χ3n) is 4.71. The average molecular weight is 456 g/mol. The molecule has 0 fully saturated rings. The maximum atomic E-state index is 12.6. The van der Waals surface area contributed by atoms with Crippen molar-refractivity contribution < 1.29 is 28.8 Å². The van der Waals surface area contributed by atoms with Crippen LogP contribution in [0.4, 0.5) is 10.7 Å². The van der Waals surface area contributed by atoms with Gasteiger partial charge in [-0.05, 0) is 25.5 Å². The topological polar surface area (TPSA) is 160 Å². The minimum atomic E-state index is -0.848. The number of thiophene rings is 1. The number of carbonyl (C=O) groups is 4. The number of anilines is 1. The summed E-state index contributed by atoms with van der Waals surface area (Å²) in [7, 11) is 0. The van der Waals surface area contributed by atoms with Crippen molar-refractivity contribution >= 4 is 45.7 Å². The van der Waals surface area contributed by atoms with Crippen LogP contribution in [-0.4, -0.2) is 46.7 Å². The largest absolute Gasteiger partial charge is 0.462 e. The zero-order valence-electron chi connectivity index (χ0n) is 17.0. The van der Waals surface area contributed by atoms with Gasteiger partial charge in [-0.2, -0.15) is 5.26 Å². The lowest BCUT2D eigenvalue weighted by atomic mass is 10.1. The van der Waals surface area contributed by atoms with Gasteiger partial charge in [0.1, 0.15) is 21.5 Å². The van der Waals surface area contributed by atoms with E-state index >= 15 is 0 Å². The number of imide groups is 1. The van der Waals surface area contributed by atoms with E-state index in [-0.39, 0.29) is 46.1 Å². The van der Waals surface area contributed by atoms with Crippen molar-refractivity contribution in [3.8, 4) is 6.07 Å². The van der Waals surface area contributed by atoms with Crippen molar-refractivity contribution in [3.63, 3.8) is 0 Å². The number of nitrogens with one attached hydrogen (secondary N) is 1. The van der Waals surface area contributed by atoms with Crippen LogP contribution in [0.25, 0.3) is 0 Å². The molecule has 2 aromatic rings. The number of ether oxygens (including phenoxy) is 1. The number of esters is 1. The molecule has 1 aliphatic heterocycles. The van der Waals surface area contributed by atoms with Crippen molar-refractivity contribution in [1.29, 1.82) is 5.26 Å². The first-order valence-corrected chi connectivity index (χ1v) is 10.2. The highest BCUT2D eigenvalue weighted by atomic mass is 32.1. The Morgan fingerprint density at radius 3 is 2.66 bits per heavy atom. The van der Waals surface area contributed by atoms with Gasteiger partial charge in [-0.15, -0.1) is 11.3 Å². The first-order valence-electron chi connectivity index (χ1n) is 9.35. The van der Waals surface area contributed by atoms with Gasteiger partial charge >= 0.3 is 5.97 Å². The molecule has 11 nitrogen and oxygen atoms in total. The van der Waals surface area contributed by atoms with Crippen molar-refractivity contribution in [3.05, 3.63) is 55.4 Å². The van der Waals surface area contributed by atoms with Crippen LogP contribution in [0, 0.1) is 28.4 Å². The maximum absolute atomic E-state index is 12.6. The van der Waals surface area contributed by atoms with Gasteiger partial charge in [0, 0.05) is 19.0 Å². The van der Waals surface area contributed by atoms with Crippen LogP contribution >= 0.6 is 11.3 Å². The number of amides is 3. The zero-order valence-corrected chi connectivity index (χ0v) is 17.8. The van der Waals surface area contributed by atoms with E-state index in [2.05, 4.69) is 5.32 Å². The summed E-state index contributed by atoms with van der Waals surface area (Å²) in [5.74, 6) is -2.79. The fraction of sp³-hybridized carbons (Fsp3) is 0.250. The second-order valence-corrected chi connectivity index (χ2v) is 7.63. The lowest BCUT2D eigenvalue weighted by molar-refractivity contribution is -0.385. The molecule has 0 spiro atoms. The van der Waals surface area contributed by atoms with E-state index in [1.165, 1.54) is 12.1 Å². The lowest BCUT2D eigenvalue weighted by Gasteiger charge is -2.13. The van der Waals surface area contributed by atoms with E-state index in [0.717, 1.165) is 22.3 Å². The third-order valence-corrected chi connectivity index (χ3v) is 5.90. The second kappa shape index (κ2) is 8.94. The van der Waals surface area contributed by atoms with Crippen LogP contribution in [0.1, 0.15) is 54.9 Å². The van der Waals surface area contributed by atoms with E-state index in [1.54, 1.807) is 13.8 Å². The molecule has 164 valence electrons. The molecular formula is C20H16N4O7S. The average Bonchev–Trinajstić information content (AvgIpc) is 3.20. The molecule has 0 bridgehead atoms. The Labute approximate surface area is 185 Å². The Bertz CT molecular complexity index is 1210. The van der Waals surface area contributed by atoms with Crippen LogP contribution in [0.2, 0.25) is 0 Å². The molecule has 0 radical (unpaired) electrons. The number of fused-ring (bicyclic) bond motifs is 1. The van der Waals surface area contributed by atoms with E-state index in [9.17, 15) is 34.6 Å². The first-order chi connectivity index (χ1) is 15.2. The predicted molar refractivity (Wildman–Crippen MR) is 111 cm³/mol. The van der Waals surface area contributed by atoms with Gasteiger partial charge in [0.2, 0.25) is 5.91 Å². The van der Waals surface area contributed by atoms with E-state index < -0.39 is 34.3 Å². The molecule has 12 heteroatoms. The SMILES string of the molecule is CCOC(=O)c1sc(NC(=O)CCN2C(=O)c3cccc([N+](=O)[O-])c3C2=O)c(C#N)c1C. The number of nitro benzene ring substituents is 1. The van der Waals surface area contributed by atoms with Gasteiger partial charge in [-0.1, -0.05) is 6.07 Å². The minimum absolute atomic E-state index is 0.0932. The molecule has 0 atom stereocenters. The number of hydrogen-bond donors (Lipinski definition) is 1. The monoisotopic (exact) mass is 456 g/mol. The quantitative estimate of drug-likeness (QED) is 0.288. The molecule has 0 aliphatic carbocycles.